The maximum atomic E-state index is 13.0. The summed E-state index contributed by atoms with van der Waals surface area (Å²) in [5.74, 6) is -1.17. The van der Waals surface area contributed by atoms with E-state index in [4.69, 9.17) is 14.4 Å². The van der Waals surface area contributed by atoms with Crippen molar-refractivity contribution in [3.05, 3.63) is 70.3 Å². The molecule has 1 atom stereocenters. The van der Waals surface area contributed by atoms with Gasteiger partial charge in [0, 0.05) is 18.1 Å². The highest BCUT2D eigenvalue weighted by Crippen LogP contribution is 2.30. The van der Waals surface area contributed by atoms with Crippen molar-refractivity contribution in [1.29, 1.82) is 0 Å². The summed E-state index contributed by atoms with van der Waals surface area (Å²) in [7, 11) is 2.58. The van der Waals surface area contributed by atoms with Crippen molar-refractivity contribution >= 4 is 17.5 Å². The van der Waals surface area contributed by atoms with Crippen molar-refractivity contribution in [2.75, 3.05) is 14.2 Å². The van der Waals surface area contributed by atoms with Crippen molar-refractivity contribution < 1.29 is 37.2 Å². The second kappa shape index (κ2) is 10.9. The fourth-order valence-electron chi connectivity index (χ4n) is 2.99. The van der Waals surface area contributed by atoms with Crippen molar-refractivity contribution in [2.45, 2.75) is 32.7 Å². The van der Waals surface area contributed by atoms with Gasteiger partial charge in [0.15, 0.2) is 17.5 Å². The van der Waals surface area contributed by atoms with Crippen LogP contribution < -0.4 is 5.48 Å². The second-order valence-corrected chi connectivity index (χ2v) is 6.77. The minimum absolute atomic E-state index is 0.0224. The summed E-state index contributed by atoms with van der Waals surface area (Å²) >= 11 is 0. The number of hydrogen-bond acceptors (Lipinski definition) is 7. The average Bonchev–Trinajstić information content (AvgIpc) is 2.74. The van der Waals surface area contributed by atoms with Gasteiger partial charge in [0.05, 0.1) is 19.8 Å². The number of Topliss-reactive ketones (excluding diaryl/α,β-unsaturated/α-hetero) is 1. The summed E-state index contributed by atoms with van der Waals surface area (Å²) in [6, 6.07) is 8.49. The van der Waals surface area contributed by atoms with Gasteiger partial charge in [-0.1, -0.05) is 35.5 Å². The number of ether oxygens (including phenoxy) is 1. The minimum Gasteiger partial charge on any atom is -0.468 e. The molecule has 2 aromatic rings. The Morgan fingerprint density at radius 2 is 1.81 bits per heavy atom. The van der Waals surface area contributed by atoms with Crippen LogP contribution in [0.4, 0.5) is 13.2 Å². The normalized spacial score (nSPS) is 12.9. The summed E-state index contributed by atoms with van der Waals surface area (Å²) in [5.41, 5.74) is 3.19. The molecule has 1 N–H and O–H groups in total. The SMILES string of the molecule is CONC(C(=O)OC)c1cccc(C)c1CO/N=C(\C(C)=O)c1cccc(C(F)(F)F)c1. The van der Waals surface area contributed by atoms with Crippen LogP contribution in [0.3, 0.4) is 0 Å². The van der Waals surface area contributed by atoms with Crippen molar-refractivity contribution in [1.82, 2.24) is 5.48 Å². The van der Waals surface area contributed by atoms with Gasteiger partial charge in [-0.3, -0.25) is 4.79 Å². The molecule has 0 fully saturated rings. The Kier molecular flexibility index (Phi) is 8.50. The Morgan fingerprint density at radius 1 is 1.12 bits per heavy atom. The Morgan fingerprint density at radius 3 is 2.41 bits per heavy atom. The Labute approximate surface area is 183 Å². The number of nitrogens with one attached hydrogen (secondary N) is 1. The zero-order valence-corrected chi connectivity index (χ0v) is 17.9. The predicted octanol–water partition coefficient (Wildman–Crippen LogP) is 3.89. The number of methoxy groups -OCH3 is 1. The number of hydroxylamine groups is 1. The van der Waals surface area contributed by atoms with Crippen LogP contribution in [0.25, 0.3) is 0 Å². The third-order valence-electron chi connectivity index (χ3n) is 4.59. The molecule has 0 amide bonds. The molecule has 0 aliphatic heterocycles. The lowest BCUT2D eigenvalue weighted by Crippen LogP contribution is -2.30. The molecule has 0 spiro atoms. The van der Waals surface area contributed by atoms with Crippen LogP contribution in [0.5, 0.6) is 0 Å². The molecule has 1 unspecified atom stereocenters. The lowest BCUT2D eigenvalue weighted by atomic mass is 9.97. The molecule has 10 heteroatoms. The largest absolute Gasteiger partial charge is 0.468 e. The molecule has 0 saturated carbocycles. The molecule has 0 heterocycles. The first kappa shape index (κ1) is 25.0. The molecule has 32 heavy (non-hydrogen) atoms. The quantitative estimate of drug-likeness (QED) is 0.353. The number of nitrogens with zero attached hydrogens (tertiary/aromatic N) is 1. The zero-order valence-electron chi connectivity index (χ0n) is 17.9. The van der Waals surface area contributed by atoms with E-state index in [0.717, 1.165) is 17.7 Å². The molecule has 0 aliphatic rings. The number of esters is 1. The van der Waals surface area contributed by atoms with Crippen LogP contribution >= 0.6 is 0 Å². The average molecular weight is 452 g/mol. The smallest absolute Gasteiger partial charge is 0.416 e. The monoisotopic (exact) mass is 452 g/mol. The highest BCUT2D eigenvalue weighted by molar-refractivity contribution is 6.45. The third kappa shape index (κ3) is 6.14. The first-order valence-corrected chi connectivity index (χ1v) is 9.43. The molecule has 0 radical (unpaired) electrons. The Hall–Kier alpha value is -3.24. The van der Waals surface area contributed by atoms with Gasteiger partial charge in [-0.25, -0.2) is 4.79 Å². The number of hydrogen-bond donors (Lipinski definition) is 1. The van der Waals surface area contributed by atoms with E-state index in [1.165, 1.54) is 33.3 Å². The van der Waals surface area contributed by atoms with E-state index in [9.17, 15) is 22.8 Å². The fourth-order valence-corrected chi connectivity index (χ4v) is 2.99. The lowest BCUT2D eigenvalue weighted by Gasteiger charge is -2.19. The summed E-state index contributed by atoms with van der Waals surface area (Å²) < 4.78 is 43.9. The number of benzene rings is 2. The molecule has 0 bridgehead atoms. The number of aryl methyl sites for hydroxylation is 1. The molecule has 2 rings (SSSR count). The maximum absolute atomic E-state index is 13.0. The first-order chi connectivity index (χ1) is 15.1. The maximum Gasteiger partial charge on any atom is 0.416 e. The molecule has 2 aromatic carbocycles. The van der Waals surface area contributed by atoms with E-state index in [-0.39, 0.29) is 17.9 Å². The van der Waals surface area contributed by atoms with Gasteiger partial charge >= 0.3 is 12.1 Å². The van der Waals surface area contributed by atoms with Crippen molar-refractivity contribution in [3.63, 3.8) is 0 Å². The third-order valence-corrected chi connectivity index (χ3v) is 4.59. The Bertz CT molecular complexity index is 1010. The van der Waals surface area contributed by atoms with E-state index < -0.39 is 29.5 Å². The standard InChI is InChI=1S/C22H23F3N2O5/c1-13-7-5-10-17(20(26-31-4)21(29)30-3)18(13)12-32-27-19(14(2)28)15-8-6-9-16(11-15)22(23,24)25/h5-11,20,26H,12H2,1-4H3/b27-19+. The van der Waals surface area contributed by atoms with Crippen LogP contribution in [-0.2, 0) is 36.8 Å². The van der Waals surface area contributed by atoms with Crippen LogP contribution in [0.2, 0.25) is 0 Å². The zero-order chi connectivity index (χ0) is 23.9. The molecular formula is C22H23F3N2O5. The topological polar surface area (TPSA) is 86.2 Å². The Balaban J connectivity index is 2.36. The highest BCUT2D eigenvalue weighted by Gasteiger charge is 2.31. The number of ketones is 1. The van der Waals surface area contributed by atoms with E-state index in [0.29, 0.717) is 11.1 Å². The van der Waals surface area contributed by atoms with Gasteiger partial charge < -0.3 is 14.4 Å². The highest BCUT2D eigenvalue weighted by atomic mass is 19.4. The van der Waals surface area contributed by atoms with Crippen molar-refractivity contribution in [3.8, 4) is 0 Å². The number of alkyl halides is 3. The van der Waals surface area contributed by atoms with Gasteiger partial charge in [-0.05, 0) is 30.2 Å². The molecule has 7 nitrogen and oxygen atoms in total. The molecule has 172 valence electrons. The number of oxime groups is 1. The van der Waals surface area contributed by atoms with E-state index in [2.05, 4.69) is 10.6 Å². The number of carbonyl (C=O) groups is 2. The van der Waals surface area contributed by atoms with E-state index in [1.54, 1.807) is 25.1 Å². The van der Waals surface area contributed by atoms with Gasteiger partial charge in [0.25, 0.3) is 0 Å². The lowest BCUT2D eigenvalue weighted by molar-refractivity contribution is -0.147. The van der Waals surface area contributed by atoms with Crippen molar-refractivity contribution in [2.24, 2.45) is 5.16 Å². The van der Waals surface area contributed by atoms with Gasteiger partial charge in [0.2, 0.25) is 0 Å². The van der Waals surface area contributed by atoms with Crippen LogP contribution in [-0.4, -0.2) is 31.7 Å². The number of halogens is 3. The summed E-state index contributed by atoms with van der Waals surface area (Å²) in [6.07, 6.45) is -4.56. The van der Waals surface area contributed by atoms with E-state index in [1.807, 2.05) is 0 Å². The van der Waals surface area contributed by atoms with Crippen LogP contribution in [0, 0.1) is 6.92 Å². The van der Waals surface area contributed by atoms with Gasteiger partial charge in [-0.15, -0.1) is 0 Å². The summed E-state index contributed by atoms with van der Waals surface area (Å²) in [5, 5.41) is 3.80. The molecule has 0 aromatic heterocycles. The number of rotatable bonds is 9. The first-order valence-electron chi connectivity index (χ1n) is 9.43. The minimum atomic E-state index is -4.56. The second-order valence-electron chi connectivity index (χ2n) is 6.77. The summed E-state index contributed by atoms with van der Waals surface area (Å²) in [4.78, 5) is 34.4. The predicted molar refractivity (Wildman–Crippen MR) is 110 cm³/mol. The van der Waals surface area contributed by atoms with Gasteiger partial charge in [-0.2, -0.15) is 18.7 Å². The summed E-state index contributed by atoms with van der Waals surface area (Å²) in [6.45, 7) is 2.81. The van der Waals surface area contributed by atoms with Crippen LogP contribution in [0.1, 0.15) is 40.8 Å². The van der Waals surface area contributed by atoms with E-state index >= 15 is 0 Å². The molecule has 0 aliphatic carbocycles. The van der Waals surface area contributed by atoms with Crippen LogP contribution in [0.15, 0.2) is 47.6 Å². The molecular weight excluding hydrogens is 429 g/mol. The number of carbonyl (C=O) groups excluding carboxylic acids is 2. The van der Waals surface area contributed by atoms with Gasteiger partial charge in [0.1, 0.15) is 6.61 Å². The molecule has 0 saturated heterocycles. The fraction of sp³-hybridized carbons (Fsp3) is 0.318.